The van der Waals surface area contributed by atoms with Gasteiger partial charge >= 0.3 is 0 Å². The first kappa shape index (κ1) is 13.3. The number of nitriles is 1. The normalized spacial score (nSPS) is 10.2. The number of halogens is 1. The average Bonchev–Trinajstić information content (AvgIpc) is 2.41. The molecule has 0 saturated heterocycles. The summed E-state index contributed by atoms with van der Waals surface area (Å²) in [7, 11) is 0. The summed E-state index contributed by atoms with van der Waals surface area (Å²) < 4.78 is 14.4. The third kappa shape index (κ3) is 2.83. The van der Waals surface area contributed by atoms with Gasteiger partial charge in [0.1, 0.15) is 22.5 Å². The fraction of sp³-hybridized carbons (Fsp3) is 0.154. The Hall–Kier alpha value is -2.13. The molecule has 1 aromatic carbocycles. The van der Waals surface area contributed by atoms with Crippen molar-refractivity contribution in [2.45, 2.75) is 11.6 Å². The van der Waals surface area contributed by atoms with E-state index in [0.717, 1.165) is 0 Å². The maximum Gasteiger partial charge on any atom is 0.272 e. The van der Waals surface area contributed by atoms with Gasteiger partial charge in [-0.3, -0.25) is 9.36 Å². The molecular weight excluding hydrogens is 265 g/mol. The van der Waals surface area contributed by atoms with Crippen LogP contribution in [-0.4, -0.2) is 15.8 Å². The van der Waals surface area contributed by atoms with Gasteiger partial charge in [0.2, 0.25) is 0 Å². The molecule has 0 saturated carbocycles. The van der Waals surface area contributed by atoms with Crippen molar-refractivity contribution in [3.8, 4) is 6.07 Å². The third-order valence-electron chi connectivity index (χ3n) is 2.55. The van der Waals surface area contributed by atoms with E-state index in [2.05, 4.69) is 4.98 Å². The van der Waals surface area contributed by atoms with Crippen LogP contribution in [0.4, 0.5) is 4.39 Å². The van der Waals surface area contributed by atoms with Crippen LogP contribution in [0.15, 0.2) is 40.4 Å². The van der Waals surface area contributed by atoms with Crippen LogP contribution in [0.5, 0.6) is 0 Å². The zero-order chi connectivity index (χ0) is 13.8. The van der Waals surface area contributed by atoms with Crippen molar-refractivity contribution in [3.05, 3.63) is 57.9 Å². The Balaban J connectivity index is 2.43. The highest BCUT2D eigenvalue weighted by molar-refractivity contribution is 7.98. The lowest BCUT2D eigenvalue weighted by Crippen LogP contribution is -2.24. The van der Waals surface area contributed by atoms with E-state index in [0.29, 0.717) is 10.6 Å². The number of benzene rings is 1. The molecular formula is C13H10FN3OS. The zero-order valence-corrected chi connectivity index (χ0v) is 10.9. The van der Waals surface area contributed by atoms with Gasteiger partial charge in [-0.15, -0.1) is 11.8 Å². The van der Waals surface area contributed by atoms with Crippen molar-refractivity contribution in [1.29, 1.82) is 5.26 Å². The summed E-state index contributed by atoms with van der Waals surface area (Å²) >= 11 is 1.24. The Morgan fingerprint density at radius 1 is 1.53 bits per heavy atom. The van der Waals surface area contributed by atoms with Gasteiger partial charge in [-0.2, -0.15) is 5.26 Å². The molecule has 0 spiro atoms. The second-order valence-electron chi connectivity index (χ2n) is 3.80. The van der Waals surface area contributed by atoms with Crippen LogP contribution in [0.3, 0.4) is 0 Å². The van der Waals surface area contributed by atoms with Crippen molar-refractivity contribution in [2.24, 2.45) is 0 Å². The van der Waals surface area contributed by atoms with E-state index in [9.17, 15) is 9.18 Å². The van der Waals surface area contributed by atoms with Gasteiger partial charge in [0.25, 0.3) is 5.56 Å². The molecule has 2 aromatic rings. The molecule has 2 rings (SSSR count). The minimum Gasteiger partial charge on any atom is -0.294 e. The fourth-order valence-corrected chi connectivity index (χ4v) is 2.16. The standard InChI is InChI=1S/C13H10FN3OS/c1-19-12-11(6-15)13(18)17(8-16-12)7-9-3-2-4-10(14)5-9/h2-5,8H,7H2,1H3. The number of nitrogens with zero attached hydrogens (tertiary/aromatic N) is 3. The van der Waals surface area contributed by atoms with Crippen molar-refractivity contribution < 1.29 is 4.39 Å². The molecule has 0 aliphatic rings. The third-order valence-corrected chi connectivity index (χ3v) is 3.25. The summed E-state index contributed by atoms with van der Waals surface area (Å²) in [6.07, 6.45) is 3.12. The number of hydrogen-bond donors (Lipinski definition) is 0. The SMILES string of the molecule is CSc1ncn(Cc2cccc(F)c2)c(=O)c1C#N. The molecule has 0 bridgehead atoms. The van der Waals surface area contributed by atoms with E-state index in [-0.39, 0.29) is 17.9 Å². The highest BCUT2D eigenvalue weighted by Crippen LogP contribution is 2.13. The molecule has 1 heterocycles. The minimum absolute atomic E-state index is 0.0198. The predicted molar refractivity (Wildman–Crippen MR) is 70.5 cm³/mol. The average molecular weight is 275 g/mol. The number of thioether (sulfide) groups is 1. The molecule has 0 unspecified atom stereocenters. The lowest BCUT2D eigenvalue weighted by Gasteiger charge is -2.07. The fourth-order valence-electron chi connectivity index (χ4n) is 1.67. The van der Waals surface area contributed by atoms with Gasteiger partial charge in [0.05, 0.1) is 12.9 Å². The molecule has 0 aliphatic heterocycles. The highest BCUT2D eigenvalue weighted by atomic mass is 32.2. The number of aromatic nitrogens is 2. The van der Waals surface area contributed by atoms with Crippen LogP contribution in [0.2, 0.25) is 0 Å². The summed E-state index contributed by atoms with van der Waals surface area (Å²) in [4.78, 5) is 16.1. The Morgan fingerprint density at radius 3 is 2.95 bits per heavy atom. The van der Waals surface area contributed by atoms with E-state index in [4.69, 9.17) is 5.26 Å². The molecule has 0 aliphatic carbocycles. The van der Waals surface area contributed by atoms with Crippen LogP contribution in [0.25, 0.3) is 0 Å². The Bertz CT molecular complexity index is 706. The van der Waals surface area contributed by atoms with Gasteiger partial charge in [-0.1, -0.05) is 12.1 Å². The van der Waals surface area contributed by atoms with E-state index in [1.54, 1.807) is 18.4 Å². The molecule has 1 aromatic heterocycles. The minimum atomic E-state index is -0.411. The predicted octanol–water partition coefficient (Wildman–Crippen LogP) is 2.02. The maximum atomic E-state index is 13.1. The molecule has 0 fully saturated rings. The van der Waals surface area contributed by atoms with E-state index in [1.165, 1.54) is 34.8 Å². The second kappa shape index (κ2) is 5.67. The molecule has 0 radical (unpaired) electrons. The Morgan fingerprint density at radius 2 is 2.32 bits per heavy atom. The van der Waals surface area contributed by atoms with E-state index in [1.807, 2.05) is 6.07 Å². The first-order valence-electron chi connectivity index (χ1n) is 5.43. The highest BCUT2D eigenvalue weighted by Gasteiger charge is 2.10. The second-order valence-corrected chi connectivity index (χ2v) is 4.60. The van der Waals surface area contributed by atoms with Gasteiger partial charge in [-0.05, 0) is 24.0 Å². The summed E-state index contributed by atoms with van der Waals surface area (Å²) in [6, 6.07) is 7.83. The summed E-state index contributed by atoms with van der Waals surface area (Å²) in [5, 5.41) is 9.39. The van der Waals surface area contributed by atoms with Gasteiger partial charge in [0, 0.05) is 0 Å². The van der Waals surface area contributed by atoms with Crippen LogP contribution in [0, 0.1) is 17.1 Å². The van der Waals surface area contributed by atoms with Crippen molar-refractivity contribution >= 4 is 11.8 Å². The smallest absolute Gasteiger partial charge is 0.272 e. The first-order valence-corrected chi connectivity index (χ1v) is 6.66. The lowest BCUT2D eigenvalue weighted by molar-refractivity contribution is 0.621. The monoisotopic (exact) mass is 275 g/mol. The van der Waals surface area contributed by atoms with E-state index >= 15 is 0 Å². The van der Waals surface area contributed by atoms with E-state index < -0.39 is 5.56 Å². The quantitative estimate of drug-likeness (QED) is 0.635. The van der Waals surface area contributed by atoms with Crippen LogP contribution >= 0.6 is 11.8 Å². The molecule has 19 heavy (non-hydrogen) atoms. The summed E-state index contributed by atoms with van der Waals surface area (Å²) in [5.41, 5.74) is 0.252. The summed E-state index contributed by atoms with van der Waals surface area (Å²) in [6.45, 7) is 0.187. The molecule has 0 amide bonds. The Labute approximate surface area is 113 Å². The lowest BCUT2D eigenvalue weighted by atomic mass is 10.2. The van der Waals surface area contributed by atoms with Crippen molar-refractivity contribution in [2.75, 3.05) is 6.26 Å². The first-order chi connectivity index (χ1) is 9.15. The molecule has 96 valence electrons. The zero-order valence-electron chi connectivity index (χ0n) is 10.1. The molecule has 6 heteroatoms. The summed E-state index contributed by atoms with van der Waals surface area (Å²) in [5.74, 6) is -0.361. The van der Waals surface area contributed by atoms with Crippen molar-refractivity contribution in [3.63, 3.8) is 0 Å². The van der Waals surface area contributed by atoms with Crippen LogP contribution < -0.4 is 5.56 Å². The number of hydrogen-bond acceptors (Lipinski definition) is 4. The molecule has 0 N–H and O–H groups in total. The van der Waals surface area contributed by atoms with Gasteiger partial charge < -0.3 is 0 Å². The molecule has 4 nitrogen and oxygen atoms in total. The maximum absolute atomic E-state index is 13.1. The van der Waals surface area contributed by atoms with Gasteiger partial charge in [0.15, 0.2) is 0 Å². The topological polar surface area (TPSA) is 58.7 Å². The van der Waals surface area contributed by atoms with Crippen LogP contribution in [-0.2, 0) is 6.54 Å². The Kier molecular flexibility index (Phi) is 3.97. The van der Waals surface area contributed by atoms with Gasteiger partial charge in [-0.25, -0.2) is 9.37 Å². The van der Waals surface area contributed by atoms with Crippen molar-refractivity contribution in [1.82, 2.24) is 9.55 Å². The van der Waals surface area contributed by atoms with Crippen LogP contribution in [0.1, 0.15) is 11.1 Å². The molecule has 0 atom stereocenters. The largest absolute Gasteiger partial charge is 0.294 e. The number of rotatable bonds is 3.